The highest BCUT2D eigenvalue weighted by Gasteiger charge is 2.17. The van der Waals surface area contributed by atoms with Crippen molar-refractivity contribution in [1.29, 1.82) is 0 Å². The molecule has 0 aromatic carbocycles. The van der Waals surface area contributed by atoms with Gasteiger partial charge in [-0.3, -0.25) is 4.99 Å². The van der Waals surface area contributed by atoms with Gasteiger partial charge in [-0.2, -0.15) is 0 Å². The van der Waals surface area contributed by atoms with Crippen molar-refractivity contribution in [3.63, 3.8) is 0 Å². The number of nitrogens with one attached hydrogen (secondary N) is 2. The van der Waals surface area contributed by atoms with Gasteiger partial charge in [-0.15, -0.1) is 0 Å². The maximum absolute atomic E-state index is 9.26. The van der Waals surface area contributed by atoms with E-state index < -0.39 is 0 Å². The van der Waals surface area contributed by atoms with Gasteiger partial charge < -0.3 is 20.6 Å². The van der Waals surface area contributed by atoms with Gasteiger partial charge in [0.25, 0.3) is 0 Å². The van der Waals surface area contributed by atoms with Crippen LogP contribution in [0.5, 0.6) is 0 Å². The molecule has 148 valence electrons. The van der Waals surface area contributed by atoms with Crippen LogP contribution in [0.3, 0.4) is 0 Å². The topological polar surface area (TPSA) is 59.9 Å². The molecule has 1 heterocycles. The molecule has 1 fully saturated rings. The van der Waals surface area contributed by atoms with Gasteiger partial charge in [0.1, 0.15) is 0 Å². The number of rotatable bonds is 11. The van der Waals surface area contributed by atoms with Crippen molar-refractivity contribution in [2.24, 2.45) is 22.7 Å². The largest absolute Gasteiger partial charge is 0.396 e. The standard InChI is InChI=1S/C20H42N4O/c1-5-21-20(23-16-19(10-14-25)15-17(3)4)22-11-7-18-8-12-24(6-2)13-9-18/h17-19,25H,5-16H2,1-4H3,(H2,21,22,23). The lowest BCUT2D eigenvalue weighted by molar-refractivity contribution is 0.187. The fourth-order valence-corrected chi connectivity index (χ4v) is 3.68. The second kappa shape index (κ2) is 13.4. The first kappa shape index (κ1) is 22.2. The molecule has 1 rings (SSSR count). The predicted molar refractivity (Wildman–Crippen MR) is 108 cm³/mol. The molecule has 25 heavy (non-hydrogen) atoms. The summed E-state index contributed by atoms with van der Waals surface area (Å²) in [5, 5.41) is 16.1. The zero-order valence-corrected chi connectivity index (χ0v) is 17.1. The molecule has 1 aliphatic rings. The number of aliphatic imine (C=N–C) groups is 1. The van der Waals surface area contributed by atoms with Crippen molar-refractivity contribution in [2.75, 3.05) is 45.9 Å². The van der Waals surface area contributed by atoms with Gasteiger partial charge in [0.15, 0.2) is 5.96 Å². The Bertz CT molecular complexity index is 352. The Morgan fingerprint density at radius 2 is 1.92 bits per heavy atom. The van der Waals surface area contributed by atoms with Crippen LogP contribution in [0.2, 0.25) is 0 Å². The monoisotopic (exact) mass is 354 g/mol. The van der Waals surface area contributed by atoms with E-state index in [0.717, 1.165) is 44.4 Å². The van der Waals surface area contributed by atoms with E-state index >= 15 is 0 Å². The number of hydrogen-bond donors (Lipinski definition) is 3. The molecular formula is C20H42N4O. The number of hydrogen-bond acceptors (Lipinski definition) is 3. The Kier molecular flexibility index (Phi) is 11.9. The Hall–Kier alpha value is -0.810. The second-order valence-corrected chi connectivity index (χ2v) is 7.82. The summed E-state index contributed by atoms with van der Waals surface area (Å²) in [7, 11) is 0. The lowest BCUT2D eigenvalue weighted by atomic mass is 9.93. The molecule has 0 aliphatic carbocycles. The van der Waals surface area contributed by atoms with Crippen LogP contribution in [0, 0.1) is 17.8 Å². The van der Waals surface area contributed by atoms with Crippen LogP contribution in [0.25, 0.3) is 0 Å². The molecule has 0 amide bonds. The molecule has 5 nitrogen and oxygen atoms in total. The Morgan fingerprint density at radius 3 is 2.48 bits per heavy atom. The minimum atomic E-state index is 0.257. The van der Waals surface area contributed by atoms with Crippen LogP contribution in [-0.2, 0) is 0 Å². The first-order valence-corrected chi connectivity index (χ1v) is 10.4. The highest BCUT2D eigenvalue weighted by molar-refractivity contribution is 5.79. The van der Waals surface area contributed by atoms with Gasteiger partial charge in [-0.25, -0.2) is 0 Å². The van der Waals surface area contributed by atoms with E-state index in [9.17, 15) is 5.11 Å². The van der Waals surface area contributed by atoms with Crippen LogP contribution in [0.4, 0.5) is 0 Å². The van der Waals surface area contributed by atoms with Crippen molar-refractivity contribution in [1.82, 2.24) is 15.5 Å². The first-order valence-electron chi connectivity index (χ1n) is 10.4. The molecule has 0 spiro atoms. The SMILES string of the molecule is CCNC(=NCC(CCO)CC(C)C)NCCC1CCN(CC)CC1. The van der Waals surface area contributed by atoms with Gasteiger partial charge >= 0.3 is 0 Å². The van der Waals surface area contributed by atoms with Crippen molar-refractivity contribution >= 4 is 5.96 Å². The summed E-state index contributed by atoms with van der Waals surface area (Å²) in [4.78, 5) is 7.32. The van der Waals surface area contributed by atoms with Crippen molar-refractivity contribution in [3.05, 3.63) is 0 Å². The summed E-state index contributed by atoms with van der Waals surface area (Å²) < 4.78 is 0. The number of guanidine groups is 1. The van der Waals surface area contributed by atoms with Gasteiger partial charge in [0, 0.05) is 26.2 Å². The van der Waals surface area contributed by atoms with E-state index in [1.54, 1.807) is 0 Å². The van der Waals surface area contributed by atoms with Gasteiger partial charge in [0.2, 0.25) is 0 Å². The Morgan fingerprint density at radius 1 is 1.20 bits per heavy atom. The summed E-state index contributed by atoms with van der Waals surface area (Å²) in [5.74, 6) is 2.90. The number of likely N-dealkylation sites (tertiary alicyclic amines) is 1. The normalized spacial score (nSPS) is 18.6. The lowest BCUT2D eigenvalue weighted by Crippen LogP contribution is -2.39. The van der Waals surface area contributed by atoms with Crippen molar-refractivity contribution < 1.29 is 5.11 Å². The lowest BCUT2D eigenvalue weighted by Gasteiger charge is -2.31. The molecule has 1 aliphatic heterocycles. The quantitative estimate of drug-likeness (QED) is 0.394. The first-order chi connectivity index (χ1) is 12.1. The number of aliphatic hydroxyl groups is 1. The van der Waals surface area contributed by atoms with E-state index in [2.05, 4.69) is 43.2 Å². The molecule has 0 saturated carbocycles. The van der Waals surface area contributed by atoms with Gasteiger partial charge in [0.05, 0.1) is 0 Å². The number of piperidine rings is 1. The fraction of sp³-hybridized carbons (Fsp3) is 0.950. The Balaban J connectivity index is 2.36. The van der Waals surface area contributed by atoms with Crippen LogP contribution in [0.15, 0.2) is 4.99 Å². The number of nitrogens with zero attached hydrogens (tertiary/aromatic N) is 2. The van der Waals surface area contributed by atoms with E-state index in [0.29, 0.717) is 11.8 Å². The minimum Gasteiger partial charge on any atom is -0.396 e. The third-order valence-electron chi connectivity index (χ3n) is 5.19. The summed E-state index contributed by atoms with van der Waals surface area (Å²) >= 11 is 0. The Labute approximate surface area is 155 Å². The molecule has 0 bridgehead atoms. The summed E-state index contributed by atoms with van der Waals surface area (Å²) in [6.45, 7) is 15.5. The summed E-state index contributed by atoms with van der Waals surface area (Å²) in [6.07, 6.45) is 5.86. The molecule has 0 aromatic heterocycles. The van der Waals surface area contributed by atoms with E-state index in [-0.39, 0.29) is 6.61 Å². The third kappa shape index (κ3) is 10.0. The maximum Gasteiger partial charge on any atom is 0.191 e. The molecule has 3 N–H and O–H groups in total. The molecule has 1 unspecified atom stereocenters. The van der Waals surface area contributed by atoms with Gasteiger partial charge in [-0.1, -0.05) is 20.8 Å². The summed E-state index contributed by atoms with van der Waals surface area (Å²) in [5.41, 5.74) is 0. The smallest absolute Gasteiger partial charge is 0.191 e. The molecular weight excluding hydrogens is 312 g/mol. The number of aliphatic hydroxyl groups excluding tert-OH is 1. The van der Waals surface area contributed by atoms with Crippen LogP contribution < -0.4 is 10.6 Å². The van der Waals surface area contributed by atoms with Crippen LogP contribution in [0.1, 0.15) is 59.8 Å². The predicted octanol–water partition coefficient (Wildman–Crippen LogP) is 2.71. The third-order valence-corrected chi connectivity index (χ3v) is 5.19. The average molecular weight is 355 g/mol. The summed E-state index contributed by atoms with van der Waals surface area (Å²) in [6, 6.07) is 0. The molecule has 0 aromatic rings. The van der Waals surface area contributed by atoms with Crippen molar-refractivity contribution in [2.45, 2.75) is 59.8 Å². The highest BCUT2D eigenvalue weighted by Crippen LogP contribution is 2.19. The van der Waals surface area contributed by atoms with Crippen LogP contribution >= 0.6 is 0 Å². The zero-order chi connectivity index (χ0) is 18.5. The van der Waals surface area contributed by atoms with Crippen molar-refractivity contribution in [3.8, 4) is 0 Å². The maximum atomic E-state index is 9.26. The molecule has 5 heteroatoms. The molecule has 1 atom stereocenters. The van der Waals surface area contributed by atoms with Gasteiger partial charge in [-0.05, 0) is 76.4 Å². The fourth-order valence-electron chi connectivity index (χ4n) is 3.68. The highest BCUT2D eigenvalue weighted by atomic mass is 16.3. The second-order valence-electron chi connectivity index (χ2n) is 7.82. The minimum absolute atomic E-state index is 0.257. The van der Waals surface area contributed by atoms with E-state index in [1.807, 2.05) is 0 Å². The molecule has 0 radical (unpaired) electrons. The van der Waals surface area contributed by atoms with E-state index in [1.165, 1.54) is 38.9 Å². The average Bonchev–Trinajstić information content (AvgIpc) is 2.59. The van der Waals surface area contributed by atoms with E-state index in [4.69, 9.17) is 4.99 Å². The van der Waals surface area contributed by atoms with Crippen LogP contribution in [-0.4, -0.2) is 61.8 Å². The molecule has 1 saturated heterocycles. The zero-order valence-electron chi connectivity index (χ0n) is 17.1.